The molecule has 2 saturated heterocycles. The minimum Gasteiger partial charge on any atom is -0.354 e. The quantitative estimate of drug-likeness (QED) is 0.838. The fourth-order valence-corrected chi connectivity index (χ4v) is 5.49. The highest BCUT2D eigenvalue weighted by Gasteiger charge is 2.42. The second-order valence-electron chi connectivity index (χ2n) is 6.54. The standard InChI is InChI=1S/C17H24N2O3S.ClH/c20-16(19-13-15-7-4-12-23(15,21)22)17(8-10-18-11-9-17)14-5-2-1-3-6-14;/h1-3,5-6,15,18H,4,7-13H2,(H,19,20);1H. The summed E-state index contributed by atoms with van der Waals surface area (Å²) in [5, 5.41) is 5.83. The molecule has 2 heterocycles. The van der Waals surface area contributed by atoms with E-state index >= 15 is 0 Å². The topological polar surface area (TPSA) is 75.3 Å². The van der Waals surface area contributed by atoms with Crippen LogP contribution in [0.5, 0.6) is 0 Å². The van der Waals surface area contributed by atoms with Crippen molar-refractivity contribution in [2.24, 2.45) is 0 Å². The normalized spacial score (nSPS) is 24.8. The van der Waals surface area contributed by atoms with Crippen LogP contribution in [-0.4, -0.2) is 45.0 Å². The van der Waals surface area contributed by atoms with Gasteiger partial charge in [0.25, 0.3) is 0 Å². The molecule has 0 bridgehead atoms. The fraction of sp³-hybridized carbons (Fsp3) is 0.588. The molecule has 0 radical (unpaired) electrons. The number of carbonyl (C=O) groups is 1. The van der Waals surface area contributed by atoms with Crippen molar-refractivity contribution in [1.29, 1.82) is 0 Å². The van der Waals surface area contributed by atoms with Crippen LogP contribution < -0.4 is 10.6 Å². The maximum absolute atomic E-state index is 13.0. The zero-order valence-corrected chi connectivity index (χ0v) is 15.3. The molecule has 2 aliphatic rings. The molecule has 3 rings (SSSR count). The highest BCUT2D eigenvalue weighted by molar-refractivity contribution is 7.92. The first kappa shape index (κ1) is 19.2. The summed E-state index contributed by atoms with van der Waals surface area (Å²) in [6.07, 6.45) is 2.83. The lowest BCUT2D eigenvalue weighted by atomic mass is 9.72. The SMILES string of the molecule is Cl.O=C(NCC1CCCS1(=O)=O)C1(c2ccccc2)CCNCC1. The Labute approximate surface area is 149 Å². The van der Waals surface area contributed by atoms with Gasteiger partial charge in [0, 0.05) is 6.54 Å². The fourth-order valence-electron chi connectivity index (χ4n) is 3.72. The number of carbonyl (C=O) groups excluding carboxylic acids is 1. The number of amides is 1. The molecule has 1 amide bonds. The maximum atomic E-state index is 13.0. The van der Waals surface area contributed by atoms with Crippen LogP contribution >= 0.6 is 12.4 Å². The van der Waals surface area contributed by atoms with Crippen LogP contribution in [-0.2, 0) is 20.0 Å². The highest BCUT2D eigenvalue weighted by atomic mass is 35.5. The first-order valence-electron chi connectivity index (χ1n) is 8.31. The van der Waals surface area contributed by atoms with Crippen LogP contribution in [0.4, 0.5) is 0 Å². The Hall–Kier alpha value is -1.11. The molecule has 24 heavy (non-hydrogen) atoms. The summed E-state index contributed by atoms with van der Waals surface area (Å²) in [6, 6.07) is 9.84. The first-order valence-corrected chi connectivity index (χ1v) is 10.0. The van der Waals surface area contributed by atoms with Gasteiger partial charge in [0.05, 0.1) is 16.4 Å². The predicted molar refractivity (Wildman–Crippen MR) is 97.3 cm³/mol. The number of nitrogens with one attached hydrogen (secondary N) is 2. The van der Waals surface area contributed by atoms with Gasteiger partial charge < -0.3 is 10.6 Å². The lowest BCUT2D eigenvalue weighted by Gasteiger charge is -2.37. The van der Waals surface area contributed by atoms with Crippen LogP contribution in [0.1, 0.15) is 31.2 Å². The molecule has 0 aliphatic carbocycles. The zero-order valence-electron chi connectivity index (χ0n) is 13.7. The first-order chi connectivity index (χ1) is 11.0. The second-order valence-corrected chi connectivity index (χ2v) is 8.94. The summed E-state index contributed by atoms with van der Waals surface area (Å²) in [6.45, 7) is 1.83. The van der Waals surface area contributed by atoms with Gasteiger partial charge in [-0.05, 0) is 44.3 Å². The third-order valence-corrected chi connectivity index (χ3v) is 7.45. The number of hydrogen-bond donors (Lipinski definition) is 2. The number of halogens is 1. The van der Waals surface area contributed by atoms with Gasteiger partial charge in [-0.3, -0.25) is 4.79 Å². The lowest BCUT2D eigenvalue weighted by molar-refractivity contribution is -0.127. The summed E-state index contributed by atoms with van der Waals surface area (Å²) in [4.78, 5) is 13.0. The van der Waals surface area contributed by atoms with Gasteiger partial charge in [0.2, 0.25) is 5.91 Å². The Morgan fingerprint density at radius 3 is 2.46 bits per heavy atom. The van der Waals surface area contributed by atoms with Crippen molar-refractivity contribution in [2.45, 2.75) is 36.3 Å². The van der Waals surface area contributed by atoms with E-state index in [1.165, 1.54) is 0 Å². The van der Waals surface area contributed by atoms with Gasteiger partial charge in [-0.2, -0.15) is 0 Å². The number of benzene rings is 1. The molecule has 2 fully saturated rings. The van der Waals surface area contributed by atoms with E-state index in [0.29, 0.717) is 12.8 Å². The van der Waals surface area contributed by atoms with E-state index in [4.69, 9.17) is 0 Å². The van der Waals surface area contributed by atoms with E-state index in [1.54, 1.807) is 0 Å². The van der Waals surface area contributed by atoms with Crippen molar-refractivity contribution in [3.05, 3.63) is 35.9 Å². The van der Waals surface area contributed by atoms with Gasteiger partial charge in [-0.15, -0.1) is 12.4 Å². The summed E-state index contributed by atoms with van der Waals surface area (Å²) in [5.74, 6) is 0.216. The van der Waals surface area contributed by atoms with Gasteiger partial charge in [-0.1, -0.05) is 30.3 Å². The third-order valence-electron chi connectivity index (χ3n) is 5.17. The van der Waals surface area contributed by atoms with E-state index < -0.39 is 20.5 Å². The van der Waals surface area contributed by atoms with E-state index in [-0.39, 0.29) is 30.6 Å². The van der Waals surface area contributed by atoms with Crippen LogP contribution in [0.15, 0.2) is 30.3 Å². The third kappa shape index (κ3) is 3.76. The van der Waals surface area contributed by atoms with Crippen LogP contribution in [0.2, 0.25) is 0 Å². The molecule has 0 aromatic heterocycles. The van der Waals surface area contributed by atoms with E-state index in [9.17, 15) is 13.2 Å². The summed E-state index contributed by atoms with van der Waals surface area (Å²) in [5.41, 5.74) is 0.475. The van der Waals surface area contributed by atoms with Gasteiger partial charge >= 0.3 is 0 Å². The molecule has 1 aromatic rings. The van der Waals surface area contributed by atoms with Crippen molar-refractivity contribution >= 4 is 28.2 Å². The molecule has 2 N–H and O–H groups in total. The Bertz CT molecular complexity index is 658. The van der Waals surface area contributed by atoms with Gasteiger partial charge in [0.1, 0.15) is 0 Å². The largest absolute Gasteiger partial charge is 0.354 e. The van der Waals surface area contributed by atoms with E-state index in [0.717, 1.165) is 31.5 Å². The molecule has 134 valence electrons. The van der Waals surface area contributed by atoms with Crippen LogP contribution in [0.3, 0.4) is 0 Å². The van der Waals surface area contributed by atoms with E-state index in [1.807, 2.05) is 30.3 Å². The summed E-state index contributed by atoms with van der Waals surface area (Å²) < 4.78 is 23.9. The smallest absolute Gasteiger partial charge is 0.230 e. The van der Waals surface area contributed by atoms with Gasteiger partial charge in [-0.25, -0.2) is 8.42 Å². The maximum Gasteiger partial charge on any atom is 0.230 e. The Morgan fingerprint density at radius 2 is 1.88 bits per heavy atom. The van der Waals surface area contributed by atoms with Crippen molar-refractivity contribution in [3.8, 4) is 0 Å². The highest BCUT2D eigenvalue weighted by Crippen LogP contribution is 2.34. The Morgan fingerprint density at radius 1 is 1.21 bits per heavy atom. The summed E-state index contributed by atoms with van der Waals surface area (Å²) in [7, 11) is -3.02. The lowest BCUT2D eigenvalue weighted by Crippen LogP contribution is -2.52. The summed E-state index contributed by atoms with van der Waals surface area (Å²) >= 11 is 0. The Balaban J connectivity index is 0.00000208. The minimum atomic E-state index is -3.02. The predicted octanol–water partition coefficient (Wildman–Crippen LogP) is 1.42. The van der Waals surface area contributed by atoms with Crippen molar-refractivity contribution in [3.63, 3.8) is 0 Å². The molecule has 1 atom stereocenters. The average Bonchev–Trinajstić information content (AvgIpc) is 2.92. The van der Waals surface area contributed by atoms with Crippen LogP contribution in [0, 0.1) is 0 Å². The van der Waals surface area contributed by atoms with Crippen molar-refractivity contribution in [2.75, 3.05) is 25.4 Å². The van der Waals surface area contributed by atoms with E-state index in [2.05, 4.69) is 10.6 Å². The minimum absolute atomic E-state index is 0. The molecule has 1 aromatic carbocycles. The molecule has 1 unspecified atom stereocenters. The zero-order chi connectivity index (χ0) is 16.3. The van der Waals surface area contributed by atoms with Crippen molar-refractivity contribution < 1.29 is 13.2 Å². The number of sulfone groups is 1. The molecule has 7 heteroatoms. The molecule has 0 saturated carbocycles. The van der Waals surface area contributed by atoms with Gasteiger partial charge in [0.15, 0.2) is 9.84 Å². The average molecular weight is 373 g/mol. The van der Waals surface area contributed by atoms with Crippen molar-refractivity contribution in [1.82, 2.24) is 10.6 Å². The molecule has 2 aliphatic heterocycles. The molecule has 0 spiro atoms. The number of hydrogen-bond acceptors (Lipinski definition) is 4. The van der Waals surface area contributed by atoms with Crippen LogP contribution in [0.25, 0.3) is 0 Å². The molecule has 5 nitrogen and oxygen atoms in total. The molecular weight excluding hydrogens is 348 g/mol. The molecular formula is C17H25ClN2O3S. The second kappa shape index (κ2) is 7.85. The number of piperidine rings is 1. The Kier molecular flexibility index (Phi) is 6.28. The monoisotopic (exact) mass is 372 g/mol. The number of rotatable bonds is 4.